The van der Waals surface area contributed by atoms with E-state index in [0.29, 0.717) is 5.92 Å². The standard InChI is InChI=1S/C30H29N2/c1-18-16-22-10-7-11-25-28(22)27(19(18)2)30-29-24(14-15-31(30)3)23-13-12-21(17-26(23)32(25)29)20-8-5-4-6-9-20/h7,10-17,20H,4-6,8-9H2,1-3H3/q+1. The van der Waals surface area contributed by atoms with Crippen molar-refractivity contribution in [2.24, 2.45) is 7.05 Å². The minimum atomic E-state index is 0.714. The quantitative estimate of drug-likeness (QED) is 0.149. The molecule has 2 nitrogen and oxygen atoms in total. The first-order valence-electron chi connectivity index (χ1n) is 12.1. The van der Waals surface area contributed by atoms with Crippen molar-refractivity contribution in [2.75, 3.05) is 0 Å². The molecule has 0 radical (unpaired) electrons. The molecule has 0 saturated heterocycles. The Bertz CT molecular complexity index is 1680. The van der Waals surface area contributed by atoms with Crippen LogP contribution in [-0.2, 0) is 7.05 Å². The molecule has 32 heavy (non-hydrogen) atoms. The predicted octanol–water partition coefficient (Wildman–Crippen LogP) is 7.48. The van der Waals surface area contributed by atoms with Gasteiger partial charge in [0.2, 0.25) is 5.52 Å². The third-order valence-electron chi connectivity index (χ3n) is 8.29. The zero-order valence-corrected chi connectivity index (χ0v) is 19.2. The first-order valence-corrected chi connectivity index (χ1v) is 12.1. The minimum Gasteiger partial charge on any atom is -0.303 e. The highest BCUT2D eigenvalue weighted by atomic mass is 15.0. The Morgan fingerprint density at radius 3 is 2.53 bits per heavy atom. The van der Waals surface area contributed by atoms with Crippen LogP contribution in [0.3, 0.4) is 0 Å². The highest BCUT2D eigenvalue weighted by molar-refractivity contribution is 6.25. The summed E-state index contributed by atoms with van der Waals surface area (Å²) in [5.41, 5.74) is 9.70. The van der Waals surface area contributed by atoms with Crippen molar-refractivity contribution >= 4 is 49.0 Å². The molecule has 158 valence electrons. The van der Waals surface area contributed by atoms with E-state index < -0.39 is 0 Å². The van der Waals surface area contributed by atoms with Crippen LogP contribution < -0.4 is 4.57 Å². The molecule has 0 N–H and O–H groups in total. The lowest BCUT2D eigenvalue weighted by molar-refractivity contribution is -0.644. The van der Waals surface area contributed by atoms with Gasteiger partial charge in [0, 0.05) is 22.2 Å². The van der Waals surface area contributed by atoms with Crippen molar-refractivity contribution in [3.05, 3.63) is 71.4 Å². The molecule has 3 heterocycles. The van der Waals surface area contributed by atoms with Gasteiger partial charge in [0.15, 0.2) is 6.20 Å². The Labute approximate surface area is 188 Å². The van der Waals surface area contributed by atoms with Crippen LogP contribution in [0.5, 0.6) is 0 Å². The van der Waals surface area contributed by atoms with Crippen LogP contribution in [0.2, 0.25) is 0 Å². The van der Waals surface area contributed by atoms with Gasteiger partial charge in [0.25, 0.3) is 0 Å². The molecule has 0 bridgehead atoms. The summed E-state index contributed by atoms with van der Waals surface area (Å²) in [6.07, 6.45) is 9.06. The number of hydrogen-bond donors (Lipinski definition) is 0. The van der Waals surface area contributed by atoms with Crippen molar-refractivity contribution in [3.8, 4) is 0 Å². The monoisotopic (exact) mass is 417 g/mol. The van der Waals surface area contributed by atoms with Crippen LogP contribution in [0.1, 0.15) is 54.7 Å². The first kappa shape index (κ1) is 18.4. The largest absolute Gasteiger partial charge is 0.303 e. The van der Waals surface area contributed by atoms with Gasteiger partial charge in [0.05, 0.1) is 16.4 Å². The van der Waals surface area contributed by atoms with E-state index >= 15 is 0 Å². The second-order valence-electron chi connectivity index (χ2n) is 10.1. The summed E-state index contributed by atoms with van der Waals surface area (Å²) < 4.78 is 4.90. The second kappa shape index (κ2) is 6.45. The molecule has 3 aromatic carbocycles. The predicted molar refractivity (Wildman–Crippen MR) is 135 cm³/mol. The van der Waals surface area contributed by atoms with Crippen molar-refractivity contribution in [2.45, 2.75) is 51.9 Å². The summed E-state index contributed by atoms with van der Waals surface area (Å²) in [5, 5.41) is 6.89. The molecule has 1 aliphatic carbocycles. The van der Waals surface area contributed by atoms with Gasteiger partial charge >= 0.3 is 0 Å². The molecule has 0 unspecified atom stereocenters. The van der Waals surface area contributed by atoms with E-state index in [1.807, 2.05) is 0 Å². The van der Waals surface area contributed by atoms with Crippen LogP contribution in [0.25, 0.3) is 49.0 Å². The molecule has 1 aliphatic rings. The van der Waals surface area contributed by atoms with E-state index in [1.165, 1.54) is 97.8 Å². The first-order chi connectivity index (χ1) is 15.6. The lowest BCUT2D eigenvalue weighted by Crippen LogP contribution is -2.29. The van der Waals surface area contributed by atoms with Crippen molar-refractivity contribution in [1.29, 1.82) is 0 Å². The Hall–Kier alpha value is -3.13. The summed E-state index contributed by atoms with van der Waals surface area (Å²) in [7, 11) is 2.20. The Balaban J connectivity index is 1.74. The van der Waals surface area contributed by atoms with Gasteiger partial charge in [-0.05, 0) is 66.8 Å². The minimum absolute atomic E-state index is 0.714. The number of pyridine rings is 2. The van der Waals surface area contributed by atoms with Crippen molar-refractivity contribution in [1.82, 2.24) is 4.40 Å². The topological polar surface area (TPSA) is 8.29 Å². The number of benzene rings is 3. The van der Waals surface area contributed by atoms with Crippen LogP contribution in [0.15, 0.2) is 54.7 Å². The molecular weight excluding hydrogens is 388 g/mol. The maximum absolute atomic E-state index is 2.57. The van der Waals surface area contributed by atoms with Gasteiger partial charge in [-0.15, -0.1) is 0 Å². The van der Waals surface area contributed by atoms with E-state index in [1.54, 1.807) is 0 Å². The van der Waals surface area contributed by atoms with Crippen molar-refractivity contribution < 1.29 is 4.57 Å². The summed E-state index contributed by atoms with van der Waals surface area (Å²) in [6.45, 7) is 4.54. The van der Waals surface area contributed by atoms with E-state index in [9.17, 15) is 0 Å². The highest BCUT2D eigenvalue weighted by Crippen LogP contribution is 2.42. The fourth-order valence-corrected chi connectivity index (χ4v) is 6.55. The number of rotatable bonds is 1. The molecule has 6 aromatic rings. The van der Waals surface area contributed by atoms with Crippen LogP contribution in [-0.4, -0.2) is 4.40 Å². The fourth-order valence-electron chi connectivity index (χ4n) is 6.55. The van der Waals surface area contributed by atoms with E-state index in [2.05, 4.69) is 84.6 Å². The summed E-state index contributed by atoms with van der Waals surface area (Å²) in [5.74, 6) is 0.714. The van der Waals surface area contributed by atoms with Crippen LogP contribution in [0.4, 0.5) is 0 Å². The average molecular weight is 418 g/mol. The van der Waals surface area contributed by atoms with Gasteiger partial charge in [-0.3, -0.25) is 0 Å². The Kier molecular flexibility index (Phi) is 3.72. The summed E-state index contributed by atoms with van der Waals surface area (Å²) in [4.78, 5) is 0. The zero-order valence-electron chi connectivity index (χ0n) is 19.2. The number of aryl methyl sites for hydroxylation is 3. The maximum atomic E-state index is 2.57. The lowest BCUT2D eigenvalue weighted by atomic mass is 9.84. The van der Waals surface area contributed by atoms with E-state index in [4.69, 9.17) is 0 Å². The molecule has 1 saturated carbocycles. The van der Waals surface area contributed by atoms with Gasteiger partial charge in [0.1, 0.15) is 12.6 Å². The molecule has 0 aliphatic heterocycles. The number of aromatic nitrogens is 2. The smallest absolute Gasteiger partial charge is 0.238 e. The van der Waals surface area contributed by atoms with Crippen LogP contribution in [0, 0.1) is 13.8 Å². The lowest BCUT2D eigenvalue weighted by Gasteiger charge is -2.22. The normalized spacial score (nSPS) is 15.8. The Morgan fingerprint density at radius 1 is 0.844 bits per heavy atom. The Morgan fingerprint density at radius 2 is 1.69 bits per heavy atom. The molecule has 3 aromatic heterocycles. The van der Waals surface area contributed by atoms with Gasteiger partial charge in [-0.2, -0.15) is 4.57 Å². The molecule has 0 spiro atoms. The molecular formula is C30H29N2+. The zero-order chi connectivity index (χ0) is 21.6. The van der Waals surface area contributed by atoms with Gasteiger partial charge in [-0.1, -0.05) is 49.6 Å². The summed E-state index contributed by atoms with van der Waals surface area (Å²) in [6, 6.07) is 18.8. The fraction of sp³-hybridized carbons (Fsp3) is 0.300. The molecule has 0 amide bonds. The second-order valence-corrected chi connectivity index (χ2v) is 10.1. The maximum Gasteiger partial charge on any atom is 0.238 e. The van der Waals surface area contributed by atoms with Gasteiger partial charge < -0.3 is 4.40 Å². The third-order valence-corrected chi connectivity index (χ3v) is 8.29. The summed E-state index contributed by atoms with van der Waals surface area (Å²) >= 11 is 0. The highest BCUT2D eigenvalue weighted by Gasteiger charge is 2.25. The molecule has 1 fully saturated rings. The number of nitrogens with zero attached hydrogens (tertiary/aromatic N) is 2. The number of fused-ring (bicyclic) bond motifs is 5. The van der Waals surface area contributed by atoms with E-state index in [0.717, 1.165) is 0 Å². The molecule has 7 rings (SSSR count). The number of hydrogen-bond acceptors (Lipinski definition) is 0. The van der Waals surface area contributed by atoms with Crippen LogP contribution >= 0.6 is 0 Å². The van der Waals surface area contributed by atoms with Gasteiger partial charge in [-0.25, -0.2) is 0 Å². The molecule has 2 heteroatoms. The van der Waals surface area contributed by atoms with E-state index in [-0.39, 0.29) is 0 Å². The molecule has 0 atom stereocenters. The third kappa shape index (κ3) is 2.28. The average Bonchev–Trinajstić information content (AvgIpc) is 3.15. The SMILES string of the molecule is Cc1cc2cccc3c2c(c1C)c1c2c(cc[n+]1C)c1ccc(C4CCCCC4)cc1n32. The van der Waals surface area contributed by atoms with Crippen molar-refractivity contribution in [3.63, 3.8) is 0 Å².